The molecule has 0 bridgehead atoms. The van der Waals surface area contributed by atoms with E-state index in [0.29, 0.717) is 6.42 Å². The highest BCUT2D eigenvalue weighted by molar-refractivity contribution is 5.19. The molecule has 0 heterocycles. The molecule has 1 aromatic rings. The van der Waals surface area contributed by atoms with Crippen LogP contribution in [0.25, 0.3) is 0 Å². The highest BCUT2D eigenvalue weighted by Gasteiger charge is 2.11. The average molecular weight is 253 g/mol. The van der Waals surface area contributed by atoms with E-state index in [1.807, 2.05) is 6.92 Å². The third kappa shape index (κ3) is 4.57. The minimum atomic E-state index is -0.795. The molecular formula is C15H21F2N. The van der Waals surface area contributed by atoms with Gasteiger partial charge in [-0.05, 0) is 43.5 Å². The normalized spacial score (nSPS) is 12.4. The van der Waals surface area contributed by atoms with Crippen molar-refractivity contribution >= 4 is 0 Å². The molecule has 1 unspecified atom stereocenters. The van der Waals surface area contributed by atoms with Gasteiger partial charge in [-0.1, -0.05) is 32.1 Å². The zero-order chi connectivity index (χ0) is 13.5. The Hall–Kier alpha value is -1.22. The molecule has 0 fully saturated rings. The van der Waals surface area contributed by atoms with Crippen LogP contribution in [0.2, 0.25) is 0 Å². The molecule has 1 N–H and O–H groups in total. The fraction of sp³-hybridized carbons (Fsp3) is 0.467. The summed E-state index contributed by atoms with van der Waals surface area (Å²) in [4.78, 5) is 0. The molecule has 3 heteroatoms. The smallest absolute Gasteiger partial charge is 0.159 e. The van der Waals surface area contributed by atoms with Gasteiger partial charge in [0, 0.05) is 6.04 Å². The molecule has 0 radical (unpaired) electrons. The van der Waals surface area contributed by atoms with Gasteiger partial charge in [0.05, 0.1) is 0 Å². The fourth-order valence-electron chi connectivity index (χ4n) is 1.95. The van der Waals surface area contributed by atoms with Crippen LogP contribution in [0.3, 0.4) is 0 Å². The number of likely N-dealkylation sites (N-methyl/N-ethyl adjacent to an activating group) is 1. The van der Waals surface area contributed by atoms with Crippen LogP contribution in [0.1, 0.15) is 32.3 Å². The lowest BCUT2D eigenvalue weighted by molar-refractivity contribution is 0.496. The van der Waals surface area contributed by atoms with Gasteiger partial charge < -0.3 is 5.32 Å². The third-order valence-corrected chi connectivity index (χ3v) is 2.99. The van der Waals surface area contributed by atoms with Crippen LogP contribution in [0.5, 0.6) is 0 Å². The summed E-state index contributed by atoms with van der Waals surface area (Å²) in [5.74, 6) is -1.58. The first-order chi connectivity index (χ1) is 8.56. The van der Waals surface area contributed by atoms with Gasteiger partial charge in [-0.15, -0.1) is 0 Å². The molecule has 0 saturated heterocycles. The first-order valence-corrected chi connectivity index (χ1v) is 6.40. The van der Waals surface area contributed by atoms with Crippen molar-refractivity contribution in [3.8, 4) is 0 Å². The van der Waals surface area contributed by atoms with Crippen molar-refractivity contribution < 1.29 is 8.78 Å². The van der Waals surface area contributed by atoms with Gasteiger partial charge in [0.2, 0.25) is 0 Å². The molecule has 1 nitrogen and oxygen atoms in total. The summed E-state index contributed by atoms with van der Waals surface area (Å²) < 4.78 is 26.0. The lowest BCUT2D eigenvalue weighted by Gasteiger charge is -2.19. The van der Waals surface area contributed by atoms with E-state index >= 15 is 0 Å². The number of rotatable bonds is 7. The van der Waals surface area contributed by atoms with E-state index in [0.717, 1.165) is 24.9 Å². The van der Waals surface area contributed by atoms with Crippen molar-refractivity contribution in [3.63, 3.8) is 0 Å². The van der Waals surface area contributed by atoms with E-state index in [-0.39, 0.29) is 6.04 Å². The average Bonchev–Trinajstić information content (AvgIpc) is 2.34. The zero-order valence-electron chi connectivity index (χ0n) is 11.1. The van der Waals surface area contributed by atoms with E-state index in [1.165, 1.54) is 17.7 Å². The van der Waals surface area contributed by atoms with Crippen LogP contribution < -0.4 is 5.32 Å². The van der Waals surface area contributed by atoms with Gasteiger partial charge in [0.1, 0.15) is 0 Å². The third-order valence-electron chi connectivity index (χ3n) is 2.99. The van der Waals surface area contributed by atoms with Gasteiger partial charge in [0.15, 0.2) is 11.6 Å². The largest absolute Gasteiger partial charge is 0.314 e. The second-order valence-corrected chi connectivity index (χ2v) is 4.51. The van der Waals surface area contributed by atoms with Gasteiger partial charge in [0.25, 0.3) is 0 Å². The lowest BCUT2D eigenvalue weighted by atomic mass is 9.98. The number of halogens is 2. The zero-order valence-corrected chi connectivity index (χ0v) is 11.1. The predicted molar refractivity (Wildman–Crippen MR) is 71.6 cm³/mol. The van der Waals surface area contributed by atoms with Crippen molar-refractivity contribution in [2.24, 2.45) is 0 Å². The molecule has 0 aliphatic heterocycles. The van der Waals surface area contributed by atoms with Crippen LogP contribution in [-0.4, -0.2) is 12.6 Å². The van der Waals surface area contributed by atoms with Crippen molar-refractivity contribution in [1.82, 2.24) is 5.32 Å². The first kappa shape index (κ1) is 14.8. The number of hydrogen-bond acceptors (Lipinski definition) is 1. The summed E-state index contributed by atoms with van der Waals surface area (Å²) in [5, 5.41) is 3.35. The monoisotopic (exact) mass is 253 g/mol. The van der Waals surface area contributed by atoms with Crippen LogP contribution in [0.15, 0.2) is 30.4 Å². The van der Waals surface area contributed by atoms with Crippen molar-refractivity contribution in [2.45, 2.75) is 39.2 Å². The van der Waals surface area contributed by atoms with Crippen LogP contribution in [-0.2, 0) is 6.42 Å². The summed E-state index contributed by atoms with van der Waals surface area (Å²) in [5.41, 5.74) is 1.98. The molecule has 100 valence electrons. The Morgan fingerprint density at radius 2 is 2.00 bits per heavy atom. The van der Waals surface area contributed by atoms with Gasteiger partial charge in [-0.2, -0.15) is 0 Å². The van der Waals surface area contributed by atoms with E-state index in [9.17, 15) is 8.78 Å². The van der Waals surface area contributed by atoms with Crippen LogP contribution >= 0.6 is 0 Å². The number of benzene rings is 1. The molecule has 0 aliphatic carbocycles. The van der Waals surface area contributed by atoms with Crippen molar-refractivity contribution in [3.05, 3.63) is 47.5 Å². The standard InChI is InChI=1S/C15H21F2N/c1-4-11(3)8-13(18-5-2)9-12-6-7-14(16)15(17)10-12/h6-7,10,13,18H,3-5,8-9H2,1-2H3. The summed E-state index contributed by atoms with van der Waals surface area (Å²) in [6, 6.07) is 4.32. The molecule has 1 aromatic carbocycles. The topological polar surface area (TPSA) is 12.0 Å². The highest BCUT2D eigenvalue weighted by atomic mass is 19.2. The summed E-state index contributed by atoms with van der Waals surface area (Å²) >= 11 is 0. The molecule has 0 saturated carbocycles. The lowest BCUT2D eigenvalue weighted by Crippen LogP contribution is -2.31. The molecule has 0 amide bonds. The van der Waals surface area contributed by atoms with Crippen molar-refractivity contribution in [1.29, 1.82) is 0 Å². The molecular weight excluding hydrogens is 232 g/mol. The molecule has 0 spiro atoms. The second-order valence-electron chi connectivity index (χ2n) is 4.51. The van der Waals surface area contributed by atoms with Gasteiger partial charge in [-0.3, -0.25) is 0 Å². The Morgan fingerprint density at radius 3 is 2.56 bits per heavy atom. The minimum Gasteiger partial charge on any atom is -0.314 e. The van der Waals surface area contributed by atoms with Gasteiger partial charge >= 0.3 is 0 Å². The van der Waals surface area contributed by atoms with Crippen LogP contribution in [0, 0.1) is 11.6 Å². The number of nitrogens with one attached hydrogen (secondary N) is 1. The Morgan fingerprint density at radius 1 is 1.28 bits per heavy atom. The minimum absolute atomic E-state index is 0.229. The number of hydrogen-bond donors (Lipinski definition) is 1. The summed E-state index contributed by atoms with van der Waals surface area (Å²) in [6.07, 6.45) is 2.49. The molecule has 1 atom stereocenters. The molecule has 0 aromatic heterocycles. The quantitative estimate of drug-likeness (QED) is 0.728. The van der Waals surface area contributed by atoms with Crippen molar-refractivity contribution in [2.75, 3.05) is 6.54 Å². The SMILES string of the molecule is C=C(CC)CC(Cc1ccc(F)c(F)c1)NCC. The Labute approximate surface area is 108 Å². The van der Waals surface area contributed by atoms with Crippen LogP contribution in [0.4, 0.5) is 8.78 Å². The molecule has 1 rings (SSSR count). The van der Waals surface area contributed by atoms with E-state index < -0.39 is 11.6 Å². The Bertz CT molecular complexity index is 401. The molecule has 18 heavy (non-hydrogen) atoms. The maximum absolute atomic E-state index is 13.1. The van der Waals surface area contributed by atoms with Gasteiger partial charge in [-0.25, -0.2) is 8.78 Å². The second kappa shape index (κ2) is 7.27. The maximum Gasteiger partial charge on any atom is 0.159 e. The fourth-order valence-corrected chi connectivity index (χ4v) is 1.95. The maximum atomic E-state index is 13.1. The van der Waals surface area contributed by atoms with E-state index in [1.54, 1.807) is 6.07 Å². The Kier molecular flexibility index (Phi) is 5.99. The highest BCUT2D eigenvalue weighted by Crippen LogP contribution is 2.14. The Balaban J connectivity index is 2.69. The predicted octanol–water partition coefficient (Wildman–Crippen LogP) is 3.84. The van der Waals surface area contributed by atoms with E-state index in [4.69, 9.17) is 0 Å². The first-order valence-electron chi connectivity index (χ1n) is 6.40. The summed E-state index contributed by atoms with van der Waals surface area (Å²) in [6.45, 7) is 8.95. The van der Waals surface area contributed by atoms with E-state index in [2.05, 4.69) is 18.8 Å². The summed E-state index contributed by atoms with van der Waals surface area (Å²) in [7, 11) is 0. The molecule has 0 aliphatic rings.